The fraction of sp³-hybridized carbons (Fsp3) is 0.316. The maximum Gasteiger partial charge on any atom is 0.254 e. The molecule has 2 amide bonds. The van der Waals surface area contributed by atoms with E-state index in [2.05, 4.69) is 15.6 Å². The summed E-state index contributed by atoms with van der Waals surface area (Å²) in [5.74, 6) is -0.353. The second kappa shape index (κ2) is 7.97. The number of pyridine rings is 1. The van der Waals surface area contributed by atoms with Crippen LogP contribution in [0.25, 0.3) is 0 Å². The number of likely N-dealkylation sites (tertiary alicyclic amines) is 1. The Morgan fingerprint density at radius 2 is 1.88 bits per heavy atom. The van der Waals surface area contributed by atoms with E-state index >= 15 is 0 Å². The van der Waals surface area contributed by atoms with E-state index in [9.17, 15) is 9.59 Å². The fourth-order valence-electron chi connectivity index (χ4n) is 3.11. The van der Waals surface area contributed by atoms with E-state index in [-0.39, 0.29) is 17.9 Å². The van der Waals surface area contributed by atoms with Gasteiger partial charge in [-0.3, -0.25) is 14.6 Å². The number of hydrogen-bond acceptors (Lipinski definition) is 5. The highest BCUT2D eigenvalue weighted by atomic mass is 16.2. The maximum atomic E-state index is 12.8. The van der Waals surface area contributed by atoms with E-state index in [1.54, 1.807) is 36.5 Å². The maximum absolute atomic E-state index is 12.8. The molecule has 1 fully saturated rings. The lowest BCUT2D eigenvalue weighted by molar-refractivity contribution is -0.124. The number of hydrogen-bond donors (Lipinski definition) is 3. The Morgan fingerprint density at radius 1 is 1.19 bits per heavy atom. The van der Waals surface area contributed by atoms with E-state index in [1.807, 2.05) is 24.3 Å². The van der Waals surface area contributed by atoms with E-state index in [4.69, 9.17) is 5.73 Å². The Kier molecular flexibility index (Phi) is 5.48. The van der Waals surface area contributed by atoms with Crippen LogP contribution in [0.15, 0.2) is 48.8 Å². The third kappa shape index (κ3) is 4.00. The highest BCUT2D eigenvalue weighted by Gasteiger charge is 2.37. The first-order chi connectivity index (χ1) is 12.6. The van der Waals surface area contributed by atoms with Gasteiger partial charge in [-0.05, 0) is 48.4 Å². The fourth-order valence-corrected chi connectivity index (χ4v) is 3.11. The Balaban J connectivity index is 1.65. The molecule has 0 aliphatic carbocycles. The molecule has 3 rings (SSSR count). The SMILES string of the molecule is CNC(=O)[C@@H]1C[C@@H](N)CN1C(=O)c1ccc(NCc2ccncc2)cc1. The first-order valence-electron chi connectivity index (χ1n) is 8.59. The zero-order valence-corrected chi connectivity index (χ0v) is 14.7. The lowest BCUT2D eigenvalue weighted by Crippen LogP contribution is -2.45. The van der Waals surface area contributed by atoms with Gasteiger partial charge in [0.2, 0.25) is 5.91 Å². The molecular formula is C19H23N5O2. The second-order valence-electron chi connectivity index (χ2n) is 6.37. The van der Waals surface area contributed by atoms with Gasteiger partial charge in [0.15, 0.2) is 0 Å². The van der Waals surface area contributed by atoms with Crippen LogP contribution in [0.4, 0.5) is 5.69 Å². The van der Waals surface area contributed by atoms with Gasteiger partial charge in [-0.15, -0.1) is 0 Å². The summed E-state index contributed by atoms with van der Waals surface area (Å²) in [6.45, 7) is 1.06. The van der Waals surface area contributed by atoms with E-state index in [1.165, 1.54) is 0 Å². The van der Waals surface area contributed by atoms with Gasteiger partial charge in [-0.25, -0.2) is 0 Å². The monoisotopic (exact) mass is 353 g/mol. The van der Waals surface area contributed by atoms with Crippen molar-refractivity contribution in [2.75, 3.05) is 18.9 Å². The number of rotatable bonds is 5. The van der Waals surface area contributed by atoms with Crippen LogP contribution in [0, 0.1) is 0 Å². The third-order valence-electron chi connectivity index (χ3n) is 4.52. The number of likely N-dealkylation sites (N-methyl/N-ethyl adjacent to an activating group) is 1. The molecule has 0 bridgehead atoms. The number of anilines is 1. The highest BCUT2D eigenvalue weighted by Crippen LogP contribution is 2.21. The Bertz CT molecular complexity index is 763. The first-order valence-corrected chi connectivity index (χ1v) is 8.59. The molecule has 2 atom stereocenters. The standard InChI is InChI=1S/C19H23N5O2/c1-21-18(25)17-10-15(20)12-24(17)19(26)14-2-4-16(5-3-14)23-11-13-6-8-22-9-7-13/h2-9,15,17,23H,10-12,20H2,1H3,(H,21,25)/t15-,17+/m1/s1. The second-order valence-corrected chi connectivity index (χ2v) is 6.37. The van der Waals surface area contributed by atoms with Crippen LogP contribution in [0.3, 0.4) is 0 Å². The molecule has 7 heteroatoms. The van der Waals surface area contributed by atoms with Crippen molar-refractivity contribution in [3.8, 4) is 0 Å². The number of carbonyl (C=O) groups excluding carboxylic acids is 2. The van der Waals surface area contributed by atoms with Crippen molar-refractivity contribution in [1.29, 1.82) is 0 Å². The van der Waals surface area contributed by atoms with Crippen LogP contribution in [0.2, 0.25) is 0 Å². The summed E-state index contributed by atoms with van der Waals surface area (Å²) in [6, 6.07) is 10.5. The number of carbonyl (C=O) groups is 2. The summed E-state index contributed by atoms with van der Waals surface area (Å²) < 4.78 is 0. The van der Waals surface area contributed by atoms with Gasteiger partial charge in [-0.1, -0.05) is 0 Å². The molecule has 0 radical (unpaired) electrons. The van der Waals surface area contributed by atoms with Crippen molar-refractivity contribution in [2.45, 2.75) is 25.0 Å². The smallest absolute Gasteiger partial charge is 0.254 e. The molecule has 2 heterocycles. The minimum atomic E-state index is -0.507. The van der Waals surface area contributed by atoms with Crippen LogP contribution in [0.5, 0.6) is 0 Å². The quantitative estimate of drug-likeness (QED) is 0.744. The predicted molar refractivity (Wildman–Crippen MR) is 99.5 cm³/mol. The number of nitrogens with zero attached hydrogens (tertiary/aromatic N) is 2. The van der Waals surface area contributed by atoms with Crippen molar-refractivity contribution in [1.82, 2.24) is 15.2 Å². The van der Waals surface area contributed by atoms with E-state index in [0.29, 0.717) is 25.1 Å². The van der Waals surface area contributed by atoms with Gasteiger partial charge in [0.05, 0.1) is 0 Å². The molecule has 7 nitrogen and oxygen atoms in total. The molecule has 1 aliphatic rings. The molecular weight excluding hydrogens is 330 g/mol. The topological polar surface area (TPSA) is 100 Å². The average Bonchev–Trinajstić information content (AvgIpc) is 3.08. The van der Waals surface area contributed by atoms with Gasteiger partial charge >= 0.3 is 0 Å². The minimum Gasteiger partial charge on any atom is -0.381 e. The largest absolute Gasteiger partial charge is 0.381 e. The van der Waals surface area contributed by atoms with Crippen LogP contribution >= 0.6 is 0 Å². The minimum absolute atomic E-state index is 0.174. The zero-order chi connectivity index (χ0) is 18.5. The molecule has 0 unspecified atom stereocenters. The number of nitrogens with two attached hydrogens (primary N) is 1. The number of amides is 2. The van der Waals surface area contributed by atoms with Gasteiger partial charge in [-0.2, -0.15) is 0 Å². The van der Waals surface area contributed by atoms with Crippen molar-refractivity contribution in [2.24, 2.45) is 5.73 Å². The average molecular weight is 353 g/mol. The summed E-state index contributed by atoms with van der Waals surface area (Å²) in [5.41, 5.74) is 8.54. The van der Waals surface area contributed by atoms with Gasteiger partial charge < -0.3 is 21.3 Å². The molecule has 2 aromatic rings. The van der Waals surface area contributed by atoms with Crippen LogP contribution in [0.1, 0.15) is 22.3 Å². The molecule has 1 aliphatic heterocycles. The Hall–Kier alpha value is -2.93. The van der Waals surface area contributed by atoms with Crippen LogP contribution in [-0.4, -0.2) is 47.4 Å². The molecule has 0 spiro atoms. The van der Waals surface area contributed by atoms with E-state index in [0.717, 1.165) is 11.3 Å². The number of aromatic nitrogens is 1. The normalized spacial score (nSPS) is 19.2. The summed E-state index contributed by atoms with van der Waals surface area (Å²) >= 11 is 0. The van der Waals surface area contributed by atoms with Crippen molar-refractivity contribution >= 4 is 17.5 Å². The molecule has 1 aromatic carbocycles. The van der Waals surface area contributed by atoms with Gasteiger partial charge in [0, 0.05) is 49.8 Å². The van der Waals surface area contributed by atoms with Crippen LogP contribution in [-0.2, 0) is 11.3 Å². The predicted octanol–water partition coefficient (Wildman–Crippen LogP) is 0.982. The summed E-state index contributed by atoms with van der Waals surface area (Å²) in [5, 5.41) is 5.91. The molecule has 136 valence electrons. The number of benzene rings is 1. The summed E-state index contributed by atoms with van der Waals surface area (Å²) in [7, 11) is 1.57. The summed E-state index contributed by atoms with van der Waals surface area (Å²) in [4.78, 5) is 30.3. The molecule has 0 saturated carbocycles. The Labute approximate surface area is 152 Å². The highest BCUT2D eigenvalue weighted by molar-refractivity contribution is 5.98. The number of nitrogens with one attached hydrogen (secondary N) is 2. The van der Waals surface area contributed by atoms with Crippen molar-refractivity contribution in [3.05, 3.63) is 59.9 Å². The first kappa shape index (κ1) is 17.9. The lowest BCUT2D eigenvalue weighted by atomic mass is 10.1. The molecule has 1 aromatic heterocycles. The van der Waals surface area contributed by atoms with Gasteiger partial charge in [0.25, 0.3) is 5.91 Å². The van der Waals surface area contributed by atoms with E-state index < -0.39 is 6.04 Å². The molecule has 26 heavy (non-hydrogen) atoms. The third-order valence-corrected chi connectivity index (χ3v) is 4.52. The summed E-state index contributed by atoms with van der Waals surface area (Å²) in [6.07, 6.45) is 3.99. The molecule has 1 saturated heterocycles. The lowest BCUT2D eigenvalue weighted by Gasteiger charge is -2.23. The van der Waals surface area contributed by atoms with Gasteiger partial charge in [0.1, 0.15) is 6.04 Å². The van der Waals surface area contributed by atoms with Crippen LogP contribution < -0.4 is 16.4 Å². The molecule has 4 N–H and O–H groups in total. The Morgan fingerprint density at radius 3 is 2.54 bits per heavy atom. The van der Waals surface area contributed by atoms with Crippen molar-refractivity contribution < 1.29 is 9.59 Å². The van der Waals surface area contributed by atoms with Crippen molar-refractivity contribution in [3.63, 3.8) is 0 Å². The zero-order valence-electron chi connectivity index (χ0n) is 14.7.